The Morgan fingerprint density at radius 3 is 2.89 bits per heavy atom. The quantitative estimate of drug-likeness (QED) is 0.738. The van der Waals surface area contributed by atoms with Gasteiger partial charge in [0.1, 0.15) is 23.1 Å². The lowest BCUT2D eigenvalue weighted by molar-refractivity contribution is -0.141. The molecular formula is C20H18N4O3S. The van der Waals surface area contributed by atoms with Crippen LogP contribution in [0.5, 0.6) is 5.75 Å². The molecule has 0 fully saturated rings. The number of ether oxygens (including phenoxy) is 1. The second-order valence-corrected chi connectivity index (χ2v) is 8.07. The van der Waals surface area contributed by atoms with Crippen LogP contribution in [0.3, 0.4) is 0 Å². The number of aliphatic carboxylic acids is 1. The number of carboxylic acids is 1. The lowest BCUT2D eigenvalue weighted by atomic mass is 9.97. The van der Waals surface area contributed by atoms with Crippen molar-refractivity contribution in [3.8, 4) is 10.8 Å². The largest absolute Gasteiger partial charge is 0.496 e. The average molecular weight is 394 g/mol. The summed E-state index contributed by atoms with van der Waals surface area (Å²) in [5.74, 6) is 1.22. The van der Waals surface area contributed by atoms with Crippen molar-refractivity contribution in [3.05, 3.63) is 57.5 Å². The lowest BCUT2D eigenvalue weighted by Crippen LogP contribution is -2.15. The normalized spacial score (nSPS) is 17.4. The fourth-order valence-electron chi connectivity index (χ4n) is 4.06. The molecule has 1 aromatic carbocycles. The van der Waals surface area contributed by atoms with Crippen molar-refractivity contribution < 1.29 is 14.6 Å². The molecule has 1 aliphatic heterocycles. The molecule has 0 amide bonds. The van der Waals surface area contributed by atoms with E-state index in [1.54, 1.807) is 18.4 Å². The van der Waals surface area contributed by atoms with E-state index in [1.165, 1.54) is 0 Å². The Kier molecular flexibility index (Phi) is 3.83. The summed E-state index contributed by atoms with van der Waals surface area (Å²) in [5.41, 5.74) is 3.82. The van der Waals surface area contributed by atoms with Crippen LogP contribution in [-0.4, -0.2) is 38.7 Å². The number of para-hydroxylation sites is 1. The van der Waals surface area contributed by atoms with E-state index in [9.17, 15) is 9.90 Å². The second-order valence-electron chi connectivity index (χ2n) is 6.99. The summed E-state index contributed by atoms with van der Waals surface area (Å²) < 4.78 is 7.64. The standard InChI is InChI=1S/C20H18N4O3S/c1-10-22-23-16-9-21-18(12-5-3-4-6-14(12)27-2)17-13-7-11(20(25)26)8-15(13)28-19(17)24(10)16/h3-6,11H,7-9H2,1-2H3,(H,25,26). The van der Waals surface area contributed by atoms with Gasteiger partial charge in [0.05, 0.1) is 18.7 Å². The lowest BCUT2D eigenvalue weighted by Gasteiger charge is -2.13. The molecule has 7 nitrogen and oxygen atoms in total. The minimum absolute atomic E-state index is 0.379. The zero-order valence-electron chi connectivity index (χ0n) is 15.5. The molecule has 28 heavy (non-hydrogen) atoms. The summed E-state index contributed by atoms with van der Waals surface area (Å²) in [4.78, 5) is 17.6. The molecule has 2 aromatic heterocycles. The van der Waals surface area contributed by atoms with Gasteiger partial charge in [0, 0.05) is 16.0 Å². The first-order chi connectivity index (χ1) is 13.6. The molecule has 2 aliphatic rings. The molecule has 5 rings (SSSR count). The zero-order valence-corrected chi connectivity index (χ0v) is 16.3. The Bertz CT molecular complexity index is 1140. The van der Waals surface area contributed by atoms with Crippen LogP contribution in [0.2, 0.25) is 0 Å². The molecule has 1 N–H and O–H groups in total. The minimum atomic E-state index is -0.747. The van der Waals surface area contributed by atoms with Crippen molar-refractivity contribution in [2.24, 2.45) is 10.9 Å². The van der Waals surface area contributed by atoms with E-state index in [1.807, 2.05) is 31.2 Å². The number of hydrogen-bond acceptors (Lipinski definition) is 6. The number of aryl methyl sites for hydroxylation is 1. The van der Waals surface area contributed by atoms with Gasteiger partial charge >= 0.3 is 5.97 Å². The van der Waals surface area contributed by atoms with Gasteiger partial charge in [0.15, 0.2) is 5.82 Å². The molecule has 0 bridgehead atoms. The Balaban J connectivity index is 1.77. The smallest absolute Gasteiger partial charge is 0.307 e. The average Bonchev–Trinajstić information content (AvgIpc) is 3.33. The fraction of sp³-hybridized carbons (Fsp3) is 0.300. The number of carboxylic acid groups (broad SMARTS) is 1. The molecule has 0 saturated carbocycles. The molecule has 1 unspecified atom stereocenters. The maximum absolute atomic E-state index is 11.6. The van der Waals surface area contributed by atoms with E-state index < -0.39 is 5.97 Å². The van der Waals surface area contributed by atoms with Crippen LogP contribution in [0.1, 0.15) is 33.2 Å². The molecule has 1 atom stereocenters. The predicted octanol–water partition coefficient (Wildman–Crippen LogP) is 2.80. The van der Waals surface area contributed by atoms with Crippen LogP contribution in [0.25, 0.3) is 5.00 Å². The number of nitrogens with zero attached hydrogens (tertiary/aromatic N) is 4. The zero-order chi connectivity index (χ0) is 19.4. The van der Waals surface area contributed by atoms with E-state index >= 15 is 0 Å². The summed E-state index contributed by atoms with van der Waals surface area (Å²) >= 11 is 1.63. The van der Waals surface area contributed by atoms with Gasteiger partial charge in [-0.2, -0.15) is 0 Å². The number of aromatic nitrogens is 3. The van der Waals surface area contributed by atoms with Crippen molar-refractivity contribution in [1.82, 2.24) is 14.8 Å². The first kappa shape index (κ1) is 17.1. The molecule has 3 heterocycles. The first-order valence-corrected chi connectivity index (χ1v) is 9.87. The first-order valence-electron chi connectivity index (χ1n) is 9.05. The van der Waals surface area contributed by atoms with Crippen LogP contribution in [-0.2, 0) is 24.2 Å². The van der Waals surface area contributed by atoms with Crippen molar-refractivity contribution >= 4 is 23.0 Å². The third-order valence-corrected chi connectivity index (χ3v) is 6.62. The molecule has 142 valence electrons. The van der Waals surface area contributed by atoms with Gasteiger partial charge in [-0.15, -0.1) is 21.5 Å². The number of carbonyl (C=O) groups is 1. The van der Waals surface area contributed by atoms with E-state index in [0.29, 0.717) is 19.4 Å². The van der Waals surface area contributed by atoms with Crippen molar-refractivity contribution in [2.45, 2.75) is 26.3 Å². The van der Waals surface area contributed by atoms with Gasteiger partial charge in [-0.1, -0.05) is 12.1 Å². The Hall–Kier alpha value is -3.00. The van der Waals surface area contributed by atoms with Crippen molar-refractivity contribution in [3.63, 3.8) is 0 Å². The molecule has 0 spiro atoms. The van der Waals surface area contributed by atoms with Gasteiger partial charge in [-0.3, -0.25) is 14.4 Å². The van der Waals surface area contributed by atoms with Crippen LogP contribution >= 0.6 is 11.3 Å². The van der Waals surface area contributed by atoms with Crippen LogP contribution in [0, 0.1) is 12.8 Å². The number of benzene rings is 1. The van der Waals surface area contributed by atoms with E-state index in [4.69, 9.17) is 9.73 Å². The summed E-state index contributed by atoms with van der Waals surface area (Å²) in [7, 11) is 1.65. The monoisotopic (exact) mass is 394 g/mol. The van der Waals surface area contributed by atoms with Gasteiger partial charge in [-0.25, -0.2) is 0 Å². The number of hydrogen-bond donors (Lipinski definition) is 1. The number of fused-ring (bicyclic) bond motifs is 5. The fourth-order valence-corrected chi connectivity index (χ4v) is 5.54. The summed E-state index contributed by atoms with van der Waals surface area (Å²) in [6, 6.07) is 7.80. The molecule has 1 aliphatic carbocycles. The summed E-state index contributed by atoms with van der Waals surface area (Å²) in [5, 5.41) is 19.1. The van der Waals surface area contributed by atoms with Gasteiger partial charge in [0.25, 0.3) is 0 Å². The second kappa shape index (κ2) is 6.27. The highest BCUT2D eigenvalue weighted by Crippen LogP contribution is 2.43. The van der Waals surface area contributed by atoms with Crippen LogP contribution < -0.4 is 4.74 Å². The van der Waals surface area contributed by atoms with Crippen LogP contribution in [0.4, 0.5) is 0 Å². The highest BCUT2D eigenvalue weighted by atomic mass is 32.1. The number of rotatable bonds is 3. The number of aliphatic imine (C=N–C) groups is 1. The predicted molar refractivity (Wildman–Crippen MR) is 105 cm³/mol. The van der Waals surface area contributed by atoms with Crippen molar-refractivity contribution in [2.75, 3.05) is 7.11 Å². The minimum Gasteiger partial charge on any atom is -0.496 e. The van der Waals surface area contributed by atoms with Gasteiger partial charge < -0.3 is 9.84 Å². The highest BCUT2D eigenvalue weighted by molar-refractivity contribution is 7.15. The number of thiophene rings is 1. The molecule has 0 radical (unpaired) electrons. The third-order valence-electron chi connectivity index (χ3n) is 5.38. The molecule has 3 aromatic rings. The highest BCUT2D eigenvalue weighted by Gasteiger charge is 2.36. The molecule has 0 saturated heterocycles. The van der Waals surface area contributed by atoms with Crippen molar-refractivity contribution in [1.29, 1.82) is 0 Å². The van der Waals surface area contributed by atoms with Gasteiger partial charge in [-0.05, 0) is 37.5 Å². The maximum atomic E-state index is 11.6. The van der Waals surface area contributed by atoms with E-state index in [0.717, 1.165) is 49.7 Å². The summed E-state index contributed by atoms with van der Waals surface area (Å²) in [6.07, 6.45) is 1.07. The Labute approximate surface area is 165 Å². The Morgan fingerprint density at radius 1 is 1.29 bits per heavy atom. The maximum Gasteiger partial charge on any atom is 0.307 e. The topological polar surface area (TPSA) is 89.6 Å². The SMILES string of the molecule is COc1ccccc1C1=NCc2nnc(C)n2-c2sc3c(c21)CC(C(=O)O)C3. The van der Waals surface area contributed by atoms with E-state index in [-0.39, 0.29) is 5.92 Å². The molecule has 8 heteroatoms. The third kappa shape index (κ3) is 2.41. The van der Waals surface area contributed by atoms with Crippen LogP contribution in [0.15, 0.2) is 29.3 Å². The van der Waals surface area contributed by atoms with Gasteiger partial charge in [0.2, 0.25) is 0 Å². The number of methoxy groups -OCH3 is 1. The molecular weight excluding hydrogens is 376 g/mol. The van der Waals surface area contributed by atoms with E-state index in [2.05, 4.69) is 14.8 Å². The summed E-state index contributed by atoms with van der Waals surface area (Å²) in [6.45, 7) is 2.34. The Morgan fingerprint density at radius 2 is 2.11 bits per heavy atom.